The SMILES string of the molecule is O=C(Nc1ccc(F)cc1)N(CCCN1CCC(Cc2ccccc2)CC1)Cc1ccccc1.O=C(O)C(F)(F)F. The summed E-state index contributed by atoms with van der Waals surface area (Å²) in [6.45, 7) is 4.46. The van der Waals surface area contributed by atoms with Gasteiger partial charge in [0, 0.05) is 18.8 Å². The molecule has 4 rings (SSSR count). The van der Waals surface area contributed by atoms with Gasteiger partial charge in [0.2, 0.25) is 0 Å². The molecule has 1 aliphatic rings. The highest BCUT2D eigenvalue weighted by molar-refractivity contribution is 5.89. The number of aliphatic carboxylic acids is 1. The van der Waals surface area contributed by atoms with E-state index in [9.17, 15) is 22.4 Å². The zero-order chi connectivity index (χ0) is 29.7. The van der Waals surface area contributed by atoms with E-state index in [0.29, 0.717) is 18.8 Å². The van der Waals surface area contributed by atoms with Crippen molar-refractivity contribution in [3.8, 4) is 0 Å². The average Bonchev–Trinajstić information content (AvgIpc) is 2.95. The maximum absolute atomic E-state index is 13.2. The molecule has 3 aromatic rings. The van der Waals surface area contributed by atoms with Crippen molar-refractivity contribution in [2.24, 2.45) is 5.92 Å². The Balaban J connectivity index is 0.000000587. The topological polar surface area (TPSA) is 72.9 Å². The summed E-state index contributed by atoms with van der Waals surface area (Å²) in [5.41, 5.74) is 3.13. The fourth-order valence-electron chi connectivity index (χ4n) is 4.64. The first-order chi connectivity index (χ1) is 19.6. The van der Waals surface area contributed by atoms with Crippen molar-refractivity contribution in [1.82, 2.24) is 9.80 Å². The number of halogens is 4. The van der Waals surface area contributed by atoms with Gasteiger partial charge < -0.3 is 20.2 Å². The Hall–Kier alpha value is -3.92. The zero-order valence-electron chi connectivity index (χ0n) is 22.7. The second kappa shape index (κ2) is 15.8. The van der Waals surface area contributed by atoms with Crippen molar-refractivity contribution in [3.63, 3.8) is 0 Å². The minimum Gasteiger partial charge on any atom is -0.475 e. The van der Waals surface area contributed by atoms with E-state index in [1.807, 2.05) is 35.2 Å². The monoisotopic (exact) mass is 573 g/mol. The summed E-state index contributed by atoms with van der Waals surface area (Å²) in [5.74, 6) is -2.31. The summed E-state index contributed by atoms with van der Waals surface area (Å²) in [7, 11) is 0. The van der Waals surface area contributed by atoms with Crippen LogP contribution in [0.2, 0.25) is 0 Å². The van der Waals surface area contributed by atoms with E-state index in [1.165, 1.54) is 37.0 Å². The lowest BCUT2D eigenvalue weighted by Crippen LogP contribution is -2.39. The second-order valence-electron chi connectivity index (χ2n) is 9.98. The van der Waals surface area contributed by atoms with E-state index in [4.69, 9.17) is 9.90 Å². The molecule has 10 heteroatoms. The molecule has 6 nitrogen and oxygen atoms in total. The Labute approximate surface area is 237 Å². The summed E-state index contributed by atoms with van der Waals surface area (Å²) >= 11 is 0. The van der Waals surface area contributed by atoms with Crippen molar-refractivity contribution in [3.05, 3.63) is 102 Å². The Kier molecular flexibility index (Phi) is 12.1. The fourth-order valence-corrected chi connectivity index (χ4v) is 4.64. The van der Waals surface area contributed by atoms with Gasteiger partial charge in [-0.05, 0) is 86.6 Å². The molecule has 0 spiro atoms. The predicted molar refractivity (Wildman–Crippen MR) is 150 cm³/mol. The predicted octanol–water partition coefficient (Wildman–Crippen LogP) is 6.84. The van der Waals surface area contributed by atoms with E-state index >= 15 is 0 Å². The molecule has 220 valence electrons. The van der Waals surface area contributed by atoms with Crippen LogP contribution in [0.25, 0.3) is 0 Å². The first kappa shape index (κ1) is 31.6. The first-order valence-electron chi connectivity index (χ1n) is 13.5. The molecule has 0 atom stereocenters. The Morgan fingerprint density at radius 2 is 1.41 bits per heavy atom. The van der Waals surface area contributed by atoms with Gasteiger partial charge in [-0.2, -0.15) is 13.2 Å². The molecule has 3 aromatic carbocycles. The van der Waals surface area contributed by atoms with Crippen LogP contribution < -0.4 is 5.32 Å². The van der Waals surface area contributed by atoms with Crippen LogP contribution in [0.3, 0.4) is 0 Å². The van der Waals surface area contributed by atoms with E-state index in [1.54, 1.807) is 12.1 Å². The van der Waals surface area contributed by atoms with Gasteiger partial charge in [-0.3, -0.25) is 0 Å². The maximum atomic E-state index is 13.2. The molecule has 2 amide bonds. The number of benzene rings is 3. The third-order valence-corrected chi connectivity index (χ3v) is 6.82. The molecule has 1 aliphatic heterocycles. The highest BCUT2D eigenvalue weighted by Gasteiger charge is 2.38. The van der Waals surface area contributed by atoms with Crippen LogP contribution in [0.4, 0.5) is 28.0 Å². The molecular weight excluding hydrogens is 538 g/mol. The number of carboxylic acids is 1. The van der Waals surface area contributed by atoms with E-state index < -0.39 is 12.1 Å². The fraction of sp³-hybridized carbons (Fsp3) is 0.355. The van der Waals surface area contributed by atoms with Crippen molar-refractivity contribution < 1.29 is 32.3 Å². The number of nitrogens with zero attached hydrogens (tertiary/aromatic N) is 2. The smallest absolute Gasteiger partial charge is 0.475 e. The molecule has 1 fully saturated rings. The number of amides is 2. The van der Waals surface area contributed by atoms with Crippen LogP contribution in [0.1, 0.15) is 30.4 Å². The van der Waals surface area contributed by atoms with Crippen molar-refractivity contribution in [2.45, 2.75) is 38.4 Å². The average molecular weight is 574 g/mol. The van der Waals surface area contributed by atoms with Gasteiger partial charge in [0.1, 0.15) is 5.82 Å². The van der Waals surface area contributed by atoms with E-state index in [-0.39, 0.29) is 11.8 Å². The molecule has 0 aromatic heterocycles. The van der Waals surface area contributed by atoms with Crippen molar-refractivity contribution in [2.75, 3.05) is 31.5 Å². The minimum atomic E-state index is -5.08. The molecule has 0 unspecified atom stereocenters. The van der Waals surface area contributed by atoms with Crippen LogP contribution in [0.15, 0.2) is 84.9 Å². The largest absolute Gasteiger partial charge is 0.490 e. The van der Waals surface area contributed by atoms with Gasteiger partial charge in [-0.1, -0.05) is 60.7 Å². The van der Waals surface area contributed by atoms with E-state index in [2.05, 4.69) is 40.5 Å². The molecule has 2 N–H and O–H groups in total. The number of hydrogen-bond donors (Lipinski definition) is 2. The highest BCUT2D eigenvalue weighted by Crippen LogP contribution is 2.22. The van der Waals surface area contributed by atoms with Gasteiger partial charge in [-0.25, -0.2) is 14.0 Å². The van der Waals surface area contributed by atoms with E-state index in [0.717, 1.165) is 37.5 Å². The Morgan fingerprint density at radius 3 is 1.95 bits per heavy atom. The van der Waals surface area contributed by atoms with Gasteiger partial charge in [-0.15, -0.1) is 0 Å². The van der Waals surface area contributed by atoms with Crippen molar-refractivity contribution >= 4 is 17.7 Å². The lowest BCUT2D eigenvalue weighted by atomic mass is 9.90. The maximum Gasteiger partial charge on any atom is 0.490 e. The summed E-state index contributed by atoms with van der Waals surface area (Å²) < 4.78 is 45.0. The number of carbonyl (C=O) groups excluding carboxylic acids is 1. The Bertz CT molecular complexity index is 1200. The molecule has 41 heavy (non-hydrogen) atoms. The number of carboxylic acid groups (broad SMARTS) is 1. The summed E-state index contributed by atoms with van der Waals surface area (Å²) in [6, 6.07) is 26.6. The highest BCUT2D eigenvalue weighted by atomic mass is 19.4. The summed E-state index contributed by atoms with van der Waals surface area (Å²) in [6.07, 6.45) is -0.530. The van der Waals surface area contributed by atoms with Gasteiger partial charge in [0.05, 0.1) is 0 Å². The number of hydrogen-bond acceptors (Lipinski definition) is 3. The number of likely N-dealkylation sites (tertiary alicyclic amines) is 1. The number of carbonyl (C=O) groups is 2. The standard InChI is InChI=1S/C29H34FN3O.C2HF3O2/c30-27-12-14-28(15-13-27)31-29(34)33(23-26-10-5-2-6-11-26)19-7-18-32-20-16-25(17-21-32)22-24-8-3-1-4-9-24;3-2(4,5)1(6)7/h1-6,8-15,25H,7,16-23H2,(H,31,34);(H,6,7). The second-order valence-corrected chi connectivity index (χ2v) is 9.98. The zero-order valence-corrected chi connectivity index (χ0v) is 22.7. The quantitative estimate of drug-likeness (QED) is 0.275. The number of piperidine rings is 1. The molecule has 0 bridgehead atoms. The number of urea groups is 1. The number of rotatable bonds is 9. The van der Waals surface area contributed by atoms with Crippen molar-refractivity contribution in [1.29, 1.82) is 0 Å². The molecule has 1 saturated heterocycles. The normalized spacial score (nSPS) is 14.0. The number of nitrogens with one attached hydrogen (secondary N) is 1. The van der Waals surface area contributed by atoms with Crippen LogP contribution in [0, 0.1) is 11.7 Å². The van der Waals surface area contributed by atoms with Gasteiger partial charge in [0.25, 0.3) is 0 Å². The summed E-state index contributed by atoms with van der Waals surface area (Å²) in [5, 5.41) is 10.0. The van der Waals surface area contributed by atoms with Crippen LogP contribution in [0.5, 0.6) is 0 Å². The Morgan fingerprint density at radius 1 is 0.878 bits per heavy atom. The number of alkyl halides is 3. The lowest BCUT2D eigenvalue weighted by molar-refractivity contribution is -0.192. The third kappa shape index (κ3) is 11.6. The lowest BCUT2D eigenvalue weighted by Gasteiger charge is -2.32. The molecule has 1 heterocycles. The molecule has 0 aliphatic carbocycles. The van der Waals surface area contributed by atoms with Crippen LogP contribution in [-0.2, 0) is 17.8 Å². The molecular formula is C31H35F4N3O3. The molecule has 0 radical (unpaired) electrons. The summed E-state index contributed by atoms with van der Waals surface area (Å²) in [4.78, 5) is 26.3. The first-order valence-corrected chi connectivity index (χ1v) is 13.5. The third-order valence-electron chi connectivity index (χ3n) is 6.82. The molecule has 0 saturated carbocycles. The van der Waals surface area contributed by atoms with Gasteiger partial charge in [0.15, 0.2) is 0 Å². The van der Waals surface area contributed by atoms with Crippen LogP contribution >= 0.6 is 0 Å². The van der Waals surface area contributed by atoms with Gasteiger partial charge >= 0.3 is 18.2 Å². The minimum absolute atomic E-state index is 0.156. The number of anilines is 1. The van der Waals surface area contributed by atoms with Crippen LogP contribution in [-0.4, -0.2) is 59.3 Å².